The second kappa shape index (κ2) is 4.18. The minimum absolute atomic E-state index is 0.0407. The summed E-state index contributed by atoms with van der Waals surface area (Å²) in [6.45, 7) is 5.43. The Morgan fingerprint density at radius 2 is 1.87 bits per heavy atom. The molecule has 0 radical (unpaired) electrons. The van der Waals surface area contributed by atoms with Crippen LogP contribution in [0.4, 0.5) is 0 Å². The normalized spacial score (nSPS) is 10.5. The number of hydrogen-bond acceptors (Lipinski definition) is 1. The number of benzene rings is 1. The Morgan fingerprint density at radius 3 is 2.27 bits per heavy atom. The van der Waals surface area contributed by atoms with Crippen molar-refractivity contribution in [3.63, 3.8) is 0 Å². The molecular formula is C13H15NO. The lowest BCUT2D eigenvalue weighted by Gasteiger charge is -2.26. The number of amides is 1. The Balaban J connectivity index is 2.95. The number of carbonyl (C=O) groups is 1. The Hall–Kier alpha value is -1.75. The first-order chi connectivity index (χ1) is 6.95. The van der Waals surface area contributed by atoms with Gasteiger partial charge in [-0.1, -0.05) is 18.1 Å². The van der Waals surface area contributed by atoms with Crippen LogP contribution in [0.15, 0.2) is 24.3 Å². The Morgan fingerprint density at radius 1 is 1.33 bits per heavy atom. The highest BCUT2D eigenvalue weighted by Crippen LogP contribution is 2.20. The van der Waals surface area contributed by atoms with Crippen molar-refractivity contribution < 1.29 is 4.79 Å². The molecule has 0 saturated heterocycles. The van der Waals surface area contributed by atoms with Crippen LogP contribution in [-0.4, -0.2) is 5.91 Å². The summed E-state index contributed by atoms with van der Waals surface area (Å²) < 4.78 is 0. The Labute approximate surface area is 90.7 Å². The number of terminal acetylenes is 1. The van der Waals surface area contributed by atoms with Crippen LogP contribution >= 0.6 is 0 Å². The molecule has 0 fully saturated rings. The van der Waals surface area contributed by atoms with Crippen molar-refractivity contribution in [2.45, 2.75) is 26.3 Å². The molecule has 0 unspecified atom stereocenters. The molecule has 0 bridgehead atoms. The van der Waals surface area contributed by atoms with Crippen LogP contribution in [0, 0.1) is 12.3 Å². The average Bonchev–Trinajstić information content (AvgIpc) is 2.16. The number of carbonyl (C=O) groups excluding carboxylic acids is 1. The lowest BCUT2D eigenvalue weighted by atomic mass is 9.93. The fourth-order valence-electron chi connectivity index (χ4n) is 1.50. The maximum atomic E-state index is 11.0. The second-order valence-corrected chi connectivity index (χ2v) is 4.03. The van der Waals surface area contributed by atoms with E-state index in [2.05, 4.69) is 11.2 Å². The lowest BCUT2D eigenvalue weighted by Crippen LogP contribution is -2.39. The highest BCUT2D eigenvalue weighted by Gasteiger charge is 2.20. The minimum Gasteiger partial charge on any atom is -0.347 e. The zero-order valence-corrected chi connectivity index (χ0v) is 9.29. The van der Waals surface area contributed by atoms with E-state index >= 15 is 0 Å². The first-order valence-electron chi connectivity index (χ1n) is 4.81. The van der Waals surface area contributed by atoms with Crippen molar-refractivity contribution in [3.05, 3.63) is 35.4 Å². The predicted molar refractivity (Wildman–Crippen MR) is 61.2 cm³/mol. The smallest absolute Gasteiger partial charge is 0.217 e. The molecule has 0 aliphatic rings. The van der Waals surface area contributed by atoms with Gasteiger partial charge >= 0.3 is 0 Å². The van der Waals surface area contributed by atoms with Crippen LogP contribution in [0.3, 0.4) is 0 Å². The average molecular weight is 201 g/mol. The van der Waals surface area contributed by atoms with Gasteiger partial charge in [-0.05, 0) is 31.5 Å². The summed E-state index contributed by atoms with van der Waals surface area (Å²) in [7, 11) is 0. The quantitative estimate of drug-likeness (QED) is 0.729. The zero-order chi connectivity index (χ0) is 11.5. The van der Waals surface area contributed by atoms with E-state index in [0.29, 0.717) is 0 Å². The van der Waals surface area contributed by atoms with Gasteiger partial charge in [-0.25, -0.2) is 0 Å². The van der Waals surface area contributed by atoms with Crippen molar-refractivity contribution in [2.24, 2.45) is 0 Å². The van der Waals surface area contributed by atoms with E-state index in [1.165, 1.54) is 6.92 Å². The van der Waals surface area contributed by atoms with E-state index in [-0.39, 0.29) is 11.4 Å². The van der Waals surface area contributed by atoms with Gasteiger partial charge in [0.05, 0.1) is 5.54 Å². The van der Waals surface area contributed by atoms with Crippen LogP contribution in [0.25, 0.3) is 0 Å². The molecule has 15 heavy (non-hydrogen) atoms. The Bertz CT molecular complexity index is 396. The van der Waals surface area contributed by atoms with E-state index in [0.717, 1.165) is 11.1 Å². The number of nitrogens with one attached hydrogen (secondary N) is 1. The monoisotopic (exact) mass is 201 g/mol. The number of rotatable bonds is 2. The standard InChI is InChI=1S/C13H15NO/c1-5-11-6-8-12(9-7-11)13(3,4)14-10(2)15/h1,6-9H,2-4H3,(H,14,15). The highest BCUT2D eigenvalue weighted by molar-refractivity contribution is 5.74. The molecule has 0 aromatic heterocycles. The lowest BCUT2D eigenvalue weighted by molar-refractivity contribution is -0.120. The molecule has 0 spiro atoms. The van der Waals surface area contributed by atoms with Gasteiger partial charge in [0.1, 0.15) is 0 Å². The molecule has 1 aromatic carbocycles. The van der Waals surface area contributed by atoms with Gasteiger partial charge in [-0.2, -0.15) is 0 Å². The van der Waals surface area contributed by atoms with Gasteiger partial charge in [-0.15, -0.1) is 6.42 Å². The first kappa shape index (κ1) is 11.3. The van der Waals surface area contributed by atoms with Gasteiger partial charge in [-0.3, -0.25) is 4.79 Å². The summed E-state index contributed by atoms with van der Waals surface area (Å²) in [6, 6.07) is 7.62. The van der Waals surface area contributed by atoms with Gasteiger partial charge < -0.3 is 5.32 Å². The summed E-state index contributed by atoms with van der Waals surface area (Å²) in [5, 5.41) is 2.88. The van der Waals surface area contributed by atoms with Crippen molar-refractivity contribution >= 4 is 5.91 Å². The molecule has 2 heteroatoms. The van der Waals surface area contributed by atoms with Gasteiger partial charge in [0.15, 0.2) is 0 Å². The first-order valence-corrected chi connectivity index (χ1v) is 4.81. The molecule has 1 rings (SSSR count). The molecule has 0 heterocycles. The fourth-order valence-corrected chi connectivity index (χ4v) is 1.50. The largest absolute Gasteiger partial charge is 0.347 e. The van der Waals surface area contributed by atoms with E-state index < -0.39 is 0 Å². The summed E-state index contributed by atoms with van der Waals surface area (Å²) in [5.41, 5.74) is 1.52. The van der Waals surface area contributed by atoms with E-state index in [9.17, 15) is 4.79 Å². The molecule has 1 N–H and O–H groups in total. The molecular weight excluding hydrogens is 186 g/mol. The van der Waals surface area contributed by atoms with Crippen LogP contribution in [0.1, 0.15) is 31.9 Å². The summed E-state index contributed by atoms with van der Waals surface area (Å²) in [4.78, 5) is 11.0. The van der Waals surface area contributed by atoms with Crippen LogP contribution in [-0.2, 0) is 10.3 Å². The van der Waals surface area contributed by atoms with Crippen LogP contribution in [0.5, 0.6) is 0 Å². The minimum atomic E-state index is -0.362. The molecule has 0 atom stereocenters. The van der Waals surface area contributed by atoms with Crippen LogP contribution < -0.4 is 5.32 Å². The SMILES string of the molecule is C#Cc1ccc(C(C)(C)NC(C)=O)cc1. The maximum Gasteiger partial charge on any atom is 0.217 e. The van der Waals surface area contributed by atoms with Crippen molar-refractivity contribution in [1.29, 1.82) is 0 Å². The maximum absolute atomic E-state index is 11.0. The second-order valence-electron chi connectivity index (χ2n) is 4.03. The molecule has 0 aliphatic heterocycles. The summed E-state index contributed by atoms with van der Waals surface area (Å²) >= 11 is 0. The van der Waals surface area contributed by atoms with E-state index in [4.69, 9.17) is 6.42 Å². The van der Waals surface area contributed by atoms with Gasteiger partial charge in [0.2, 0.25) is 5.91 Å². The molecule has 1 aromatic rings. The van der Waals surface area contributed by atoms with Gasteiger partial charge in [0.25, 0.3) is 0 Å². The summed E-state index contributed by atoms with van der Waals surface area (Å²) in [5.74, 6) is 2.52. The fraction of sp³-hybridized carbons (Fsp3) is 0.308. The zero-order valence-electron chi connectivity index (χ0n) is 9.29. The van der Waals surface area contributed by atoms with Crippen molar-refractivity contribution in [1.82, 2.24) is 5.32 Å². The highest BCUT2D eigenvalue weighted by atomic mass is 16.1. The van der Waals surface area contributed by atoms with Gasteiger partial charge in [0, 0.05) is 12.5 Å². The predicted octanol–water partition coefficient (Wildman–Crippen LogP) is 2.04. The van der Waals surface area contributed by atoms with E-state index in [1.807, 2.05) is 38.1 Å². The Kier molecular flexibility index (Phi) is 3.16. The van der Waals surface area contributed by atoms with E-state index in [1.54, 1.807) is 0 Å². The summed E-state index contributed by atoms with van der Waals surface area (Å²) in [6.07, 6.45) is 5.27. The van der Waals surface area contributed by atoms with Crippen molar-refractivity contribution in [2.75, 3.05) is 0 Å². The number of hydrogen-bond donors (Lipinski definition) is 1. The van der Waals surface area contributed by atoms with Crippen molar-refractivity contribution in [3.8, 4) is 12.3 Å². The molecule has 1 amide bonds. The topological polar surface area (TPSA) is 29.1 Å². The third-order valence-corrected chi connectivity index (χ3v) is 2.26. The molecule has 78 valence electrons. The third-order valence-electron chi connectivity index (χ3n) is 2.26. The molecule has 0 saturated carbocycles. The van der Waals surface area contributed by atoms with Crippen LogP contribution in [0.2, 0.25) is 0 Å². The molecule has 0 aliphatic carbocycles. The molecule has 2 nitrogen and oxygen atoms in total. The third kappa shape index (κ3) is 2.85.